The lowest BCUT2D eigenvalue weighted by atomic mass is 10.1. The van der Waals surface area contributed by atoms with Crippen LogP contribution in [0, 0.1) is 11.6 Å². The first-order valence-corrected chi connectivity index (χ1v) is 10.3. The zero-order valence-corrected chi connectivity index (χ0v) is 18.3. The lowest BCUT2D eigenvalue weighted by Gasteiger charge is -2.13. The Labute approximate surface area is 191 Å². The van der Waals surface area contributed by atoms with E-state index in [2.05, 4.69) is 20.3 Å². The number of anilines is 2. The van der Waals surface area contributed by atoms with Gasteiger partial charge in [0.1, 0.15) is 17.3 Å². The Morgan fingerprint density at radius 2 is 1.85 bits per heavy atom. The molecule has 0 saturated heterocycles. The van der Waals surface area contributed by atoms with Crippen LogP contribution in [0.3, 0.4) is 0 Å². The molecule has 0 aliphatic rings. The molecule has 0 atom stereocenters. The van der Waals surface area contributed by atoms with Gasteiger partial charge in [-0.3, -0.25) is 10.1 Å². The van der Waals surface area contributed by atoms with Crippen molar-refractivity contribution < 1.29 is 13.6 Å². The highest BCUT2D eigenvalue weighted by Crippen LogP contribution is 2.28. The van der Waals surface area contributed by atoms with Gasteiger partial charge in [-0.2, -0.15) is 0 Å². The van der Waals surface area contributed by atoms with Crippen molar-refractivity contribution in [2.45, 2.75) is 0 Å². The van der Waals surface area contributed by atoms with Crippen molar-refractivity contribution in [2.24, 2.45) is 0 Å². The lowest BCUT2D eigenvalue weighted by Crippen LogP contribution is -2.13. The van der Waals surface area contributed by atoms with E-state index in [1.54, 1.807) is 43.3 Å². The second-order valence-corrected chi connectivity index (χ2v) is 8.16. The number of amides is 1. The Bertz CT molecular complexity index is 1520. The van der Waals surface area contributed by atoms with E-state index in [0.29, 0.717) is 33.0 Å². The first kappa shape index (κ1) is 20.9. The minimum Gasteiger partial charge on any atom is -0.375 e. The van der Waals surface area contributed by atoms with Crippen molar-refractivity contribution in [3.63, 3.8) is 0 Å². The van der Waals surface area contributed by atoms with Crippen molar-refractivity contribution in [1.29, 1.82) is 0 Å². The number of pyridine rings is 1. The number of hydrogen-bond acceptors (Lipinski definition) is 4. The summed E-state index contributed by atoms with van der Waals surface area (Å²) in [6.45, 7) is 0. The van der Waals surface area contributed by atoms with Crippen LogP contribution in [0.15, 0.2) is 54.9 Å². The molecule has 0 unspecified atom stereocenters. The normalized spacial score (nSPS) is 11.3. The molecular weight excluding hydrogens is 450 g/mol. The van der Waals surface area contributed by atoms with Gasteiger partial charge < -0.3 is 14.3 Å². The fourth-order valence-electron chi connectivity index (χ4n) is 3.63. The molecule has 5 aromatic rings. The van der Waals surface area contributed by atoms with Crippen LogP contribution in [0.25, 0.3) is 27.8 Å². The van der Waals surface area contributed by atoms with Crippen LogP contribution >= 0.6 is 11.6 Å². The number of nitrogens with zero attached hydrogens (tertiary/aromatic N) is 4. The molecule has 2 N–H and O–H groups in total. The predicted molar refractivity (Wildman–Crippen MR) is 124 cm³/mol. The number of carbonyl (C=O) groups excluding carboxylic acids is 1. The number of benzene rings is 2. The quantitative estimate of drug-likeness (QED) is 0.385. The van der Waals surface area contributed by atoms with Gasteiger partial charge in [-0.1, -0.05) is 17.7 Å². The van der Waals surface area contributed by atoms with Gasteiger partial charge in [-0.25, -0.2) is 18.7 Å². The summed E-state index contributed by atoms with van der Waals surface area (Å²) in [6, 6.07) is 11.0. The Hall–Kier alpha value is -3.98. The van der Waals surface area contributed by atoms with Crippen LogP contribution in [-0.2, 0) is 0 Å². The van der Waals surface area contributed by atoms with Gasteiger partial charge >= 0.3 is 0 Å². The standard InChI is InChI=1S/C23H17ClF2N6O/c1-31(2)20-9-16(26)10-32-11-19(27-21(20)32)22(33)30-23-28-17-4-3-12(7-18(17)29-23)13-5-14(24)8-15(25)6-13/h3-11H,1-2H3,(H2,28,29,30,33). The minimum absolute atomic E-state index is 0.110. The maximum Gasteiger partial charge on any atom is 0.278 e. The zero-order chi connectivity index (χ0) is 23.3. The molecule has 0 bridgehead atoms. The van der Waals surface area contributed by atoms with E-state index in [1.165, 1.54) is 35.0 Å². The number of imidazole rings is 2. The summed E-state index contributed by atoms with van der Waals surface area (Å²) in [4.78, 5) is 26.3. The highest BCUT2D eigenvalue weighted by molar-refractivity contribution is 6.30. The summed E-state index contributed by atoms with van der Waals surface area (Å²) in [7, 11) is 3.53. The van der Waals surface area contributed by atoms with Crippen molar-refractivity contribution in [3.05, 3.63) is 77.2 Å². The Balaban J connectivity index is 1.44. The maximum atomic E-state index is 13.9. The van der Waals surface area contributed by atoms with E-state index in [0.717, 1.165) is 5.56 Å². The summed E-state index contributed by atoms with van der Waals surface area (Å²) in [5, 5.41) is 2.98. The molecular formula is C23H17ClF2N6O. The highest BCUT2D eigenvalue weighted by Gasteiger charge is 2.17. The third-order valence-electron chi connectivity index (χ3n) is 5.12. The van der Waals surface area contributed by atoms with Gasteiger partial charge in [-0.05, 0) is 41.5 Å². The van der Waals surface area contributed by atoms with Crippen molar-refractivity contribution >= 4 is 45.8 Å². The number of halogens is 3. The van der Waals surface area contributed by atoms with Crippen molar-refractivity contribution in [1.82, 2.24) is 19.4 Å². The number of hydrogen-bond donors (Lipinski definition) is 2. The van der Waals surface area contributed by atoms with Crippen LogP contribution in [0.2, 0.25) is 5.02 Å². The average Bonchev–Trinajstić information content (AvgIpc) is 3.35. The molecule has 1 amide bonds. The fraction of sp³-hybridized carbons (Fsp3) is 0.0870. The fourth-order valence-corrected chi connectivity index (χ4v) is 3.85. The topological polar surface area (TPSA) is 78.3 Å². The van der Waals surface area contributed by atoms with E-state index in [-0.39, 0.29) is 11.6 Å². The van der Waals surface area contributed by atoms with Crippen molar-refractivity contribution in [3.8, 4) is 11.1 Å². The van der Waals surface area contributed by atoms with Gasteiger partial charge in [-0.15, -0.1) is 0 Å². The molecule has 3 aromatic heterocycles. The van der Waals surface area contributed by atoms with Gasteiger partial charge in [0.05, 0.1) is 16.7 Å². The number of rotatable bonds is 4. The third kappa shape index (κ3) is 3.98. The van der Waals surface area contributed by atoms with Gasteiger partial charge in [0.2, 0.25) is 5.95 Å². The first-order valence-electron chi connectivity index (χ1n) is 9.90. The van der Waals surface area contributed by atoms with E-state index >= 15 is 0 Å². The molecule has 10 heteroatoms. The van der Waals surface area contributed by atoms with Gasteiger partial charge in [0, 0.05) is 37.6 Å². The minimum atomic E-state index is -0.500. The van der Waals surface area contributed by atoms with E-state index in [4.69, 9.17) is 11.6 Å². The molecule has 0 fully saturated rings. The molecule has 0 radical (unpaired) electrons. The van der Waals surface area contributed by atoms with Crippen LogP contribution in [0.5, 0.6) is 0 Å². The van der Waals surface area contributed by atoms with Gasteiger partial charge in [0.15, 0.2) is 5.65 Å². The van der Waals surface area contributed by atoms with Crippen LogP contribution in [0.4, 0.5) is 20.4 Å². The molecule has 3 heterocycles. The molecule has 0 aliphatic heterocycles. The second-order valence-electron chi connectivity index (χ2n) is 7.72. The Kier molecular flexibility index (Phi) is 4.98. The number of aromatic nitrogens is 4. The van der Waals surface area contributed by atoms with E-state index < -0.39 is 17.5 Å². The molecule has 0 saturated carbocycles. The molecule has 7 nitrogen and oxygen atoms in total. The second kappa shape index (κ2) is 7.86. The van der Waals surface area contributed by atoms with E-state index in [1.807, 2.05) is 0 Å². The third-order valence-corrected chi connectivity index (χ3v) is 5.34. The molecule has 33 heavy (non-hydrogen) atoms. The molecule has 2 aromatic carbocycles. The largest absolute Gasteiger partial charge is 0.375 e. The number of aromatic amines is 1. The molecule has 0 aliphatic carbocycles. The summed E-state index contributed by atoms with van der Waals surface area (Å²) in [5.41, 5.74) is 3.73. The highest BCUT2D eigenvalue weighted by atomic mass is 35.5. The van der Waals surface area contributed by atoms with E-state index in [9.17, 15) is 13.6 Å². The van der Waals surface area contributed by atoms with Crippen LogP contribution in [-0.4, -0.2) is 39.4 Å². The number of carbonyl (C=O) groups is 1. The molecule has 0 spiro atoms. The SMILES string of the molecule is CN(C)c1cc(F)cn2cc(C(=O)Nc3nc4ccc(-c5cc(F)cc(Cl)c5)cc4[nH]3)nc12. The summed E-state index contributed by atoms with van der Waals surface area (Å²) >= 11 is 5.96. The monoisotopic (exact) mass is 466 g/mol. The van der Waals surface area contributed by atoms with Crippen LogP contribution in [0.1, 0.15) is 10.5 Å². The number of H-pyrrole nitrogens is 1. The first-order chi connectivity index (χ1) is 15.8. The summed E-state index contributed by atoms with van der Waals surface area (Å²) in [6.07, 6.45) is 2.71. The smallest absolute Gasteiger partial charge is 0.278 e. The van der Waals surface area contributed by atoms with Gasteiger partial charge in [0.25, 0.3) is 5.91 Å². The predicted octanol–water partition coefficient (Wildman–Crippen LogP) is 5.13. The average molecular weight is 467 g/mol. The summed E-state index contributed by atoms with van der Waals surface area (Å²) in [5.74, 6) is -1.15. The number of fused-ring (bicyclic) bond motifs is 2. The Morgan fingerprint density at radius 3 is 2.61 bits per heavy atom. The summed E-state index contributed by atoms with van der Waals surface area (Å²) < 4.78 is 29.1. The van der Waals surface area contributed by atoms with Crippen LogP contribution < -0.4 is 10.2 Å². The zero-order valence-electron chi connectivity index (χ0n) is 17.5. The lowest BCUT2D eigenvalue weighted by molar-refractivity contribution is 0.102. The maximum absolute atomic E-state index is 13.9. The molecule has 166 valence electrons. The van der Waals surface area contributed by atoms with Crippen molar-refractivity contribution in [2.75, 3.05) is 24.3 Å². The number of nitrogens with one attached hydrogen (secondary N) is 2. The molecule has 5 rings (SSSR count). The Morgan fingerprint density at radius 1 is 1.03 bits per heavy atom.